The van der Waals surface area contributed by atoms with E-state index >= 15 is 0 Å². The van der Waals surface area contributed by atoms with E-state index < -0.39 is 11.2 Å². The van der Waals surface area contributed by atoms with E-state index in [1.165, 1.54) is 0 Å². The van der Waals surface area contributed by atoms with Crippen LogP contribution in [0.2, 0.25) is 0 Å². The lowest BCUT2D eigenvalue weighted by Gasteiger charge is -2.36. The number of carbonyl (C=O) groups excluding carboxylic acids is 1. The Balaban J connectivity index is 2.47. The fourth-order valence-corrected chi connectivity index (χ4v) is 2.87. The van der Waals surface area contributed by atoms with Crippen molar-refractivity contribution in [3.05, 3.63) is 0 Å². The first kappa shape index (κ1) is 21.2. The van der Waals surface area contributed by atoms with E-state index in [-0.39, 0.29) is 11.5 Å². The number of carbonyl (C=O) groups is 1. The van der Waals surface area contributed by atoms with Gasteiger partial charge in [-0.1, -0.05) is 13.8 Å². The molecule has 3 N–H and O–H groups in total. The molecule has 0 aromatic rings. The van der Waals surface area contributed by atoms with Crippen molar-refractivity contribution in [1.82, 2.24) is 10.6 Å². The molecule has 0 radical (unpaired) electrons. The maximum Gasteiger partial charge on any atom is 0.407 e. The average Bonchev–Trinajstić information content (AvgIpc) is 2.50. The SMILES string of the molecule is CCC(CC)(CNCC1(O)CCOCC1)CNC(=O)OC(C)(C)C. The molecule has 1 saturated heterocycles. The predicted molar refractivity (Wildman–Crippen MR) is 95.1 cm³/mol. The van der Waals surface area contributed by atoms with E-state index in [0.29, 0.717) is 39.1 Å². The van der Waals surface area contributed by atoms with Gasteiger partial charge in [-0.3, -0.25) is 0 Å². The molecule has 142 valence electrons. The molecular formula is C18H36N2O4. The summed E-state index contributed by atoms with van der Waals surface area (Å²) in [6.07, 6.45) is 2.83. The summed E-state index contributed by atoms with van der Waals surface area (Å²) in [7, 11) is 0. The van der Waals surface area contributed by atoms with Gasteiger partial charge in [0.1, 0.15) is 5.60 Å². The average molecular weight is 344 g/mol. The Hall–Kier alpha value is -0.850. The van der Waals surface area contributed by atoms with Crippen LogP contribution in [0.5, 0.6) is 0 Å². The quantitative estimate of drug-likeness (QED) is 0.630. The van der Waals surface area contributed by atoms with E-state index in [0.717, 1.165) is 19.4 Å². The summed E-state index contributed by atoms with van der Waals surface area (Å²) in [6.45, 7) is 12.9. The molecule has 0 saturated carbocycles. The molecule has 1 aliphatic rings. The van der Waals surface area contributed by atoms with Gasteiger partial charge in [0, 0.05) is 45.7 Å². The number of rotatable bonds is 8. The number of amides is 1. The minimum absolute atomic E-state index is 0.0432. The zero-order chi connectivity index (χ0) is 18.3. The van der Waals surface area contributed by atoms with Crippen molar-refractivity contribution in [3.8, 4) is 0 Å². The van der Waals surface area contributed by atoms with Gasteiger partial charge in [-0.05, 0) is 39.0 Å². The van der Waals surface area contributed by atoms with Gasteiger partial charge in [0.05, 0.1) is 5.60 Å². The molecule has 6 heteroatoms. The Morgan fingerprint density at radius 2 is 1.75 bits per heavy atom. The number of aliphatic hydroxyl groups is 1. The van der Waals surface area contributed by atoms with Gasteiger partial charge in [-0.25, -0.2) is 4.79 Å². The lowest BCUT2D eigenvalue weighted by atomic mass is 9.81. The standard InChI is InChI=1S/C18H36N2O4/c1-6-17(7-2,13-20-15(21)24-16(3,4)5)12-19-14-18(22)8-10-23-11-9-18/h19,22H,6-14H2,1-5H3,(H,20,21). The number of alkyl carbamates (subject to hydrolysis) is 1. The Labute approximate surface area is 146 Å². The van der Waals surface area contributed by atoms with Crippen molar-refractivity contribution in [2.75, 3.05) is 32.8 Å². The monoisotopic (exact) mass is 344 g/mol. The minimum atomic E-state index is -0.677. The van der Waals surface area contributed by atoms with Crippen molar-refractivity contribution < 1.29 is 19.4 Å². The van der Waals surface area contributed by atoms with E-state index in [1.807, 2.05) is 20.8 Å². The number of hydrogen-bond donors (Lipinski definition) is 3. The van der Waals surface area contributed by atoms with Gasteiger partial charge in [0.25, 0.3) is 0 Å². The van der Waals surface area contributed by atoms with Crippen LogP contribution in [0.4, 0.5) is 4.79 Å². The van der Waals surface area contributed by atoms with Crippen LogP contribution in [0.1, 0.15) is 60.3 Å². The first-order chi connectivity index (χ1) is 11.1. The van der Waals surface area contributed by atoms with Gasteiger partial charge in [-0.15, -0.1) is 0 Å². The second kappa shape index (κ2) is 9.02. The molecule has 1 fully saturated rings. The van der Waals surface area contributed by atoms with Gasteiger partial charge in [0.2, 0.25) is 0 Å². The second-order valence-corrected chi connectivity index (χ2v) is 8.00. The lowest BCUT2D eigenvalue weighted by Crippen LogP contribution is -2.50. The van der Waals surface area contributed by atoms with Gasteiger partial charge < -0.3 is 25.2 Å². The third-order valence-corrected chi connectivity index (χ3v) is 4.88. The molecule has 1 heterocycles. The van der Waals surface area contributed by atoms with Gasteiger partial charge in [0.15, 0.2) is 0 Å². The van der Waals surface area contributed by atoms with Crippen LogP contribution in [0.25, 0.3) is 0 Å². The molecule has 1 amide bonds. The molecule has 1 rings (SSSR count). The number of ether oxygens (including phenoxy) is 2. The molecule has 0 atom stereocenters. The topological polar surface area (TPSA) is 79.8 Å². The van der Waals surface area contributed by atoms with Crippen LogP contribution in [-0.4, -0.2) is 55.2 Å². The van der Waals surface area contributed by atoms with Crippen LogP contribution < -0.4 is 10.6 Å². The van der Waals surface area contributed by atoms with E-state index in [1.54, 1.807) is 0 Å². The fourth-order valence-electron chi connectivity index (χ4n) is 2.87. The van der Waals surface area contributed by atoms with Crippen LogP contribution in [-0.2, 0) is 9.47 Å². The lowest BCUT2D eigenvalue weighted by molar-refractivity contribution is -0.0626. The van der Waals surface area contributed by atoms with Gasteiger partial charge >= 0.3 is 6.09 Å². The van der Waals surface area contributed by atoms with E-state index in [9.17, 15) is 9.90 Å². The smallest absolute Gasteiger partial charge is 0.407 e. The van der Waals surface area contributed by atoms with Crippen molar-refractivity contribution >= 4 is 6.09 Å². The van der Waals surface area contributed by atoms with Gasteiger partial charge in [-0.2, -0.15) is 0 Å². The molecule has 0 unspecified atom stereocenters. The third kappa shape index (κ3) is 7.36. The maximum absolute atomic E-state index is 11.9. The second-order valence-electron chi connectivity index (χ2n) is 8.00. The summed E-state index contributed by atoms with van der Waals surface area (Å²) in [4.78, 5) is 11.9. The first-order valence-corrected chi connectivity index (χ1v) is 9.11. The van der Waals surface area contributed by atoms with Crippen LogP contribution in [0, 0.1) is 5.41 Å². The fraction of sp³-hybridized carbons (Fsp3) is 0.944. The van der Waals surface area contributed by atoms with E-state index in [4.69, 9.17) is 9.47 Å². The molecule has 0 aromatic carbocycles. The normalized spacial score (nSPS) is 18.2. The summed E-state index contributed by atoms with van der Waals surface area (Å²) in [5.41, 5.74) is -1.21. The zero-order valence-corrected chi connectivity index (χ0v) is 16.0. The highest BCUT2D eigenvalue weighted by molar-refractivity contribution is 5.67. The van der Waals surface area contributed by atoms with E-state index in [2.05, 4.69) is 24.5 Å². The Bertz CT molecular complexity index is 383. The number of hydrogen-bond acceptors (Lipinski definition) is 5. The molecular weight excluding hydrogens is 308 g/mol. The summed E-state index contributed by atoms with van der Waals surface area (Å²) in [5.74, 6) is 0. The summed E-state index contributed by atoms with van der Waals surface area (Å²) in [5, 5.41) is 16.8. The van der Waals surface area contributed by atoms with Crippen molar-refractivity contribution in [2.45, 2.75) is 71.5 Å². The Kier molecular flexibility index (Phi) is 7.96. The molecule has 0 aromatic heterocycles. The largest absolute Gasteiger partial charge is 0.444 e. The highest BCUT2D eigenvalue weighted by Crippen LogP contribution is 2.26. The Morgan fingerprint density at radius 3 is 2.25 bits per heavy atom. The van der Waals surface area contributed by atoms with Crippen LogP contribution >= 0.6 is 0 Å². The predicted octanol–water partition coefficient (Wildman–Crippen LogP) is 2.45. The van der Waals surface area contributed by atoms with Crippen molar-refractivity contribution in [3.63, 3.8) is 0 Å². The summed E-state index contributed by atoms with van der Waals surface area (Å²) in [6, 6.07) is 0. The van der Waals surface area contributed by atoms with Crippen molar-refractivity contribution in [1.29, 1.82) is 0 Å². The molecule has 1 aliphatic heterocycles. The van der Waals surface area contributed by atoms with Crippen LogP contribution in [0.3, 0.4) is 0 Å². The molecule has 0 bridgehead atoms. The molecule has 6 nitrogen and oxygen atoms in total. The maximum atomic E-state index is 11.9. The van der Waals surface area contributed by atoms with Crippen LogP contribution in [0.15, 0.2) is 0 Å². The third-order valence-electron chi connectivity index (χ3n) is 4.88. The molecule has 24 heavy (non-hydrogen) atoms. The minimum Gasteiger partial charge on any atom is -0.444 e. The first-order valence-electron chi connectivity index (χ1n) is 9.11. The zero-order valence-electron chi connectivity index (χ0n) is 16.0. The summed E-state index contributed by atoms with van der Waals surface area (Å²) >= 11 is 0. The van der Waals surface area contributed by atoms with Crippen molar-refractivity contribution in [2.24, 2.45) is 5.41 Å². The number of nitrogens with one attached hydrogen (secondary N) is 2. The highest BCUT2D eigenvalue weighted by Gasteiger charge is 2.32. The Morgan fingerprint density at radius 1 is 1.17 bits per heavy atom. The molecule has 0 aliphatic carbocycles. The summed E-state index contributed by atoms with van der Waals surface area (Å²) < 4.78 is 10.6. The molecule has 0 spiro atoms. The highest BCUT2D eigenvalue weighted by atomic mass is 16.6.